The fraction of sp³-hybridized carbons (Fsp3) is 0.375. The molecular formula is C24H28N4OS. The third kappa shape index (κ3) is 4.54. The first-order valence-corrected chi connectivity index (χ1v) is 11.4. The summed E-state index contributed by atoms with van der Waals surface area (Å²) in [7, 11) is 0. The van der Waals surface area contributed by atoms with Gasteiger partial charge in [0, 0.05) is 23.2 Å². The van der Waals surface area contributed by atoms with Gasteiger partial charge < -0.3 is 11.1 Å². The van der Waals surface area contributed by atoms with Gasteiger partial charge in [-0.05, 0) is 73.4 Å². The SMILES string of the molecule is CCC1CCc2cc(C(=O)NCc3ccc(-c4ccnc(N)n4)cc3C)sc2CC1. The maximum atomic E-state index is 12.7. The number of thiophene rings is 1. The standard InChI is InChI=1S/C24H28N4OS/c1-3-16-4-6-18-13-22(30-21(18)9-5-16)23(29)27-14-19-8-7-17(12-15(19)2)20-10-11-26-24(25)28-20/h7-8,10-13,16H,3-6,9,14H2,1-2H3,(H,27,29)(H2,25,26,28). The fourth-order valence-electron chi connectivity index (χ4n) is 4.10. The van der Waals surface area contributed by atoms with Gasteiger partial charge in [-0.3, -0.25) is 4.79 Å². The topological polar surface area (TPSA) is 80.9 Å². The molecular weight excluding hydrogens is 392 g/mol. The number of hydrogen-bond donors (Lipinski definition) is 2. The maximum Gasteiger partial charge on any atom is 0.261 e. The molecule has 1 aliphatic rings. The Hall–Kier alpha value is -2.73. The van der Waals surface area contributed by atoms with Crippen LogP contribution in [0.5, 0.6) is 0 Å². The zero-order valence-corrected chi connectivity index (χ0v) is 18.4. The summed E-state index contributed by atoms with van der Waals surface area (Å²) in [5.74, 6) is 1.11. The van der Waals surface area contributed by atoms with Crippen LogP contribution in [0.4, 0.5) is 5.95 Å². The van der Waals surface area contributed by atoms with Gasteiger partial charge in [0.05, 0.1) is 10.6 Å². The zero-order valence-electron chi connectivity index (χ0n) is 17.6. The molecule has 2 heterocycles. The smallest absolute Gasteiger partial charge is 0.261 e. The molecule has 0 bridgehead atoms. The molecule has 3 N–H and O–H groups in total. The summed E-state index contributed by atoms with van der Waals surface area (Å²) >= 11 is 1.67. The van der Waals surface area contributed by atoms with Gasteiger partial charge in [-0.2, -0.15) is 0 Å². The van der Waals surface area contributed by atoms with Crippen LogP contribution in [0, 0.1) is 12.8 Å². The first kappa shape index (κ1) is 20.5. The molecule has 0 spiro atoms. The molecule has 1 aromatic carbocycles. The van der Waals surface area contributed by atoms with Gasteiger partial charge in [0.2, 0.25) is 5.95 Å². The van der Waals surface area contributed by atoms with Crippen molar-refractivity contribution in [3.8, 4) is 11.3 Å². The van der Waals surface area contributed by atoms with E-state index in [-0.39, 0.29) is 11.9 Å². The maximum absolute atomic E-state index is 12.7. The van der Waals surface area contributed by atoms with Crippen molar-refractivity contribution in [2.24, 2.45) is 5.92 Å². The number of carbonyl (C=O) groups is 1. The second-order valence-corrected chi connectivity index (χ2v) is 9.17. The molecule has 0 fully saturated rings. The lowest BCUT2D eigenvalue weighted by Gasteiger charge is -2.10. The largest absolute Gasteiger partial charge is 0.368 e. The summed E-state index contributed by atoms with van der Waals surface area (Å²) in [6.07, 6.45) is 7.61. The van der Waals surface area contributed by atoms with Crippen molar-refractivity contribution in [3.63, 3.8) is 0 Å². The van der Waals surface area contributed by atoms with Gasteiger partial charge in [-0.25, -0.2) is 9.97 Å². The van der Waals surface area contributed by atoms with Crippen LogP contribution < -0.4 is 11.1 Å². The Kier molecular flexibility index (Phi) is 6.13. The Labute approximate surface area is 181 Å². The summed E-state index contributed by atoms with van der Waals surface area (Å²) in [4.78, 5) is 23.2. The van der Waals surface area contributed by atoms with Crippen molar-refractivity contribution in [1.82, 2.24) is 15.3 Å². The minimum Gasteiger partial charge on any atom is -0.368 e. The number of benzene rings is 1. The molecule has 0 saturated carbocycles. The molecule has 156 valence electrons. The third-order valence-corrected chi connectivity index (χ3v) is 7.29. The minimum absolute atomic E-state index is 0.0205. The predicted molar refractivity (Wildman–Crippen MR) is 123 cm³/mol. The Morgan fingerprint density at radius 3 is 2.83 bits per heavy atom. The first-order valence-electron chi connectivity index (χ1n) is 10.6. The average Bonchev–Trinajstić information content (AvgIpc) is 3.06. The summed E-state index contributed by atoms with van der Waals surface area (Å²) < 4.78 is 0. The van der Waals surface area contributed by atoms with Gasteiger partial charge in [0.15, 0.2) is 0 Å². The second kappa shape index (κ2) is 8.96. The second-order valence-electron chi connectivity index (χ2n) is 8.03. The Balaban J connectivity index is 1.41. The van der Waals surface area contributed by atoms with Crippen molar-refractivity contribution in [2.45, 2.75) is 52.5 Å². The van der Waals surface area contributed by atoms with Crippen LogP contribution in [0.25, 0.3) is 11.3 Å². The molecule has 2 aromatic heterocycles. The van der Waals surface area contributed by atoms with Crippen LogP contribution in [0.1, 0.15) is 57.4 Å². The number of amides is 1. The molecule has 1 atom stereocenters. The molecule has 1 amide bonds. The van der Waals surface area contributed by atoms with Crippen LogP contribution in [0.3, 0.4) is 0 Å². The van der Waals surface area contributed by atoms with Gasteiger partial charge in [0.1, 0.15) is 0 Å². The highest BCUT2D eigenvalue weighted by Crippen LogP contribution is 2.32. The molecule has 0 radical (unpaired) electrons. The molecule has 30 heavy (non-hydrogen) atoms. The monoisotopic (exact) mass is 420 g/mol. The summed E-state index contributed by atoms with van der Waals surface area (Å²) in [6.45, 7) is 4.84. The highest BCUT2D eigenvalue weighted by molar-refractivity contribution is 7.14. The number of aryl methyl sites for hydroxylation is 3. The number of nitrogens with two attached hydrogens (primary N) is 1. The summed E-state index contributed by atoms with van der Waals surface area (Å²) in [6, 6.07) is 10.1. The normalized spacial score (nSPS) is 16.0. The average molecular weight is 421 g/mol. The van der Waals surface area contributed by atoms with Crippen molar-refractivity contribution < 1.29 is 4.79 Å². The number of carbonyl (C=O) groups excluding carboxylic acids is 1. The van der Waals surface area contributed by atoms with Gasteiger partial charge in [0.25, 0.3) is 5.91 Å². The van der Waals surface area contributed by atoms with E-state index in [1.807, 2.05) is 25.1 Å². The fourth-order valence-corrected chi connectivity index (χ4v) is 5.24. The number of rotatable bonds is 5. The van der Waals surface area contributed by atoms with Crippen LogP contribution >= 0.6 is 11.3 Å². The molecule has 5 nitrogen and oxygen atoms in total. The van der Waals surface area contributed by atoms with Crippen molar-refractivity contribution >= 4 is 23.2 Å². The van der Waals surface area contributed by atoms with Gasteiger partial charge in [-0.1, -0.05) is 25.5 Å². The van der Waals surface area contributed by atoms with Gasteiger partial charge in [-0.15, -0.1) is 11.3 Å². The van der Waals surface area contributed by atoms with E-state index < -0.39 is 0 Å². The molecule has 3 aromatic rings. The quantitative estimate of drug-likeness (QED) is 0.574. The predicted octanol–water partition coefficient (Wildman–Crippen LogP) is 4.93. The van der Waals surface area contributed by atoms with Crippen LogP contribution in [0.2, 0.25) is 0 Å². The molecule has 0 aliphatic heterocycles. The number of fused-ring (bicyclic) bond motifs is 1. The number of anilines is 1. The Morgan fingerprint density at radius 2 is 2.07 bits per heavy atom. The van der Waals surface area contributed by atoms with Crippen LogP contribution in [0.15, 0.2) is 36.5 Å². The van der Waals surface area contributed by atoms with E-state index in [0.29, 0.717) is 6.54 Å². The van der Waals surface area contributed by atoms with E-state index in [9.17, 15) is 4.79 Å². The van der Waals surface area contributed by atoms with E-state index >= 15 is 0 Å². The highest BCUT2D eigenvalue weighted by atomic mass is 32.1. The summed E-state index contributed by atoms with van der Waals surface area (Å²) in [5, 5.41) is 3.09. The molecule has 1 unspecified atom stereocenters. The van der Waals surface area contributed by atoms with Gasteiger partial charge >= 0.3 is 0 Å². The van der Waals surface area contributed by atoms with Crippen molar-refractivity contribution in [2.75, 3.05) is 5.73 Å². The minimum atomic E-state index is 0.0205. The lowest BCUT2D eigenvalue weighted by molar-refractivity contribution is 0.0955. The lowest BCUT2D eigenvalue weighted by atomic mass is 9.97. The molecule has 1 aliphatic carbocycles. The number of nitrogens with one attached hydrogen (secondary N) is 1. The molecule has 0 saturated heterocycles. The zero-order chi connectivity index (χ0) is 21.1. The van der Waals surface area contributed by atoms with E-state index in [1.165, 1.54) is 29.7 Å². The Morgan fingerprint density at radius 1 is 1.23 bits per heavy atom. The first-order chi connectivity index (χ1) is 14.5. The molecule has 4 rings (SSSR count). The number of hydrogen-bond acceptors (Lipinski definition) is 5. The number of nitrogens with zero attached hydrogens (tertiary/aromatic N) is 2. The van der Waals surface area contributed by atoms with Crippen LogP contribution in [-0.2, 0) is 19.4 Å². The van der Waals surface area contributed by atoms with E-state index in [4.69, 9.17) is 5.73 Å². The summed E-state index contributed by atoms with van der Waals surface area (Å²) in [5.41, 5.74) is 11.1. The third-order valence-electron chi connectivity index (χ3n) is 6.05. The van der Waals surface area contributed by atoms with E-state index in [1.54, 1.807) is 17.5 Å². The Bertz CT molecular complexity index is 1030. The lowest BCUT2D eigenvalue weighted by Crippen LogP contribution is -2.22. The van der Waals surface area contributed by atoms with E-state index in [2.05, 4.69) is 34.3 Å². The highest BCUT2D eigenvalue weighted by Gasteiger charge is 2.20. The van der Waals surface area contributed by atoms with E-state index in [0.717, 1.165) is 46.0 Å². The number of aromatic nitrogens is 2. The molecule has 6 heteroatoms. The van der Waals surface area contributed by atoms with Crippen molar-refractivity contribution in [3.05, 3.63) is 63.0 Å². The van der Waals surface area contributed by atoms with Crippen LogP contribution in [-0.4, -0.2) is 15.9 Å². The number of nitrogen functional groups attached to an aromatic ring is 1. The van der Waals surface area contributed by atoms with Crippen molar-refractivity contribution in [1.29, 1.82) is 0 Å².